The first-order chi connectivity index (χ1) is 11.3. The Hall–Kier alpha value is -1.94. The molecule has 1 aliphatic carbocycles. The van der Waals surface area contributed by atoms with Gasteiger partial charge in [-0.1, -0.05) is 25.1 Å². The summed E-state index contributed by atoms with van der Waals surface area (Å²) >= 11 is 0. The minimum Gasteiger partial charge on any atom is -0.368 e. The molecule has 0 N–H and O–H groups in total. The number of fused-ring (bicyclic) bond motifs is 1. The standard InChI is InChI=1S/C19H22N2O2/c1-13-10-12-23-18(13)19(22)21(15-7-3-8-15)16-9-2-5-14-6-4-11-20-17(14)16/h2,4-6,9,11,13,15,18H,3,7-8,10,12H2,1H3/t13-,18+/m1/s1. The van der Waals surface area contributed by atoms with Gasteiger partial charge in [0.05, 0.1) is 11.2 Å². The Morgan fingerprint density at radius 3 is 2.74 bits per heavy atom. The lowest BCUT2D eigenvalue weighted by atomic mass is 9.89. The molecular formula is C19H22N2O2. The Labute approximate surface area is 136 Å². The van der Waals surface area contributed by atoms with E-state index in [0.29, 0.717) is 6.61 Å². The van der Waals surface area contributed by atoms with Crippen LogP contribution in [-0.4, -0.2) is 29.6 Å². The Kier molecular flexibility index (Phi) is 3.77. The molecule has 2 aromatic rings. The molecule has 4 nitrogen and oxygen atoms in total. The average Bonchev–Trinajstić information content (AvgIpc) is 2.96. The number of benzene rings is 1. The number of aromatic nitrogens is 1. The van der Waals surface area contributed by atoms with Gasteiger partial charge in [0.15, 0.2) is 0 Å². The molecule has 120 valence electrons. The molecule has 1 amide bonds. The smallest absolute Gasteiger partial charge is 0.256 e. The lowest BCUT2D eigenvalue weighted by Crippen LogP contribution is -2.50. The fourth-order valence-corrected chi connectivity index (χ4v) is 3.57. The Morgan fingerprint density at radius 1 is 1.22 bits per heavy atom. The molecule has 2 fully saturated rings. The molecule has 1 aromatic carbocycles. The Morgan fingerprint density at radius 2 is 2.04 bits per heavy atom. The molecule has 1 saturated heterocycles. The normalized spacial score (nSPS) is 24.6. The molecule has 4 heteroatoms. The minimum absolute atomic E-state index is 0.109. The van der Waals surface area contributed by atoms with Crippen LogP contribution in [0, 0.1) is 5.92 Å². The van der Waals surface area contributed by atoms with Crippen LogP contribution in [0.3, 0.4) is 0 Å². The van der Waals surface area contributed by atoms with E-state index in [-0.39, 0.29) is 24.0 Å². The number of anilines is 1. The molecule has 1 saturated carbocycles. The van der Waals surface area contributed by atoms with E-state index in [9.17, 15) is 4.79 Å². The van der Waals surface area contributed by atoms with Crippen molar-refractivity contribution < 1.29 is 9.53 Å². The zero-order chi connectivity index (χ0) is 15.8. The molecule has 4 rings (SSSR count). The van der Waals surface area contributed by atoms with E-state index >= 15 is 0 Å². The van der Waals surface area contributed by atoms with Crippen LogP contribution in [0.5, 0.6) is 0 Å². The predicted molar refractivity (Wildman–Crippen MR) is 90.4 cm³/mol. The molecule has 1 aliphatic heterocycles. The zero-order valence-corrected chi connectivity index (χ0v) is 13.4. The molecule has 2 atom stereocenters. The minimum atomic E-state index is -0.311. The van der Waals surface area contributed by atoms with Crippen molar-refractivity contribution >= 4 is 22.5 Å². The van der Waals surface area contributed by atoms with Gasteiger partial charge in [-0.15, -0.1) is 0 Å². The van der Waals surface area contributed by atoms with Crippen molar-refractivity contribution in [1.29, 1.82) is 0 Å². The molecule has 2 heterocycles. The summed E-state index contributed by atoms with van der Waals surface area (Å²) in [5, 5.41) is 1.07. The number of para-hydroxylation sites is 1. The molecule has 0 unspecified atom stereocenters. The maximum Gasteiger partial charge on any atom is 0.256 e. The summed E-state index contributed by atoms with van der Waals surface area (Å²) in [5.74, 6) is 0.394. The molecule has 0 radical (unpaired) electrons. The van der Waals surface area contributed by atoms with Gasteiger partial charge in [0.1, 0.15) is 6.10 Å². The predicted octanol–water partition coefficient (Wildman–Crippen LogP) is 3.55. The highest BCUT2D eigenvalue weighted by atomic mass is 16.5. The van der Waals surface area contributed by atoms with Crippen molar-refractivity contribution in [2.45, 2.75) is 44.8 Å². The highest BCUT2D eigenvalue weighted by Gasteiger charge is 2.39. The summed E-state index contributed by atoms with van der Waals surface area (Å²) in [4.78, 5) is 19.7. The second-order valence-corrected chi connectivity index (χ2v) is 6.70. The van der Waals surface area contributed by atoms with E-state index in [4.69, 9.17) is 4.74 Å². The van der Waals surface area contributed by atoms with Crippen LogP contribution in [0.1, 0.15) is 32.6 Å². The molecule has 1 aromatic heterocycles. The van der Waals surface area contributed by atoms with E-state index in [0.717, 1.165) is 35.9 Å². The fraction of sp³-hybridized carbons (Fsp3) is 0.474. The van der Waals surface area contributed by atoms with E-state index in [1.54, 1.807) is 6.20 Å². The van der Waals surface area contributed by atoms with Gasteiger partial charge in [-0.25, -0.2) is 0 Å². The average molecular weight is 310 g/mol. The van der Waals surface area contributed by atoms with Crippen LogP contribution in [0.25, 0.3) is 10.9 Å². The summed E-state index contributed by atoms with van der Waals surface area (Å²) in [6.07, 6.45) is 5.77. The monoisotopic (exact) mass is 310 g/mol. The third-order valence-corrected chi connectivity index (χ3v) is 5.18. The number of pyridine rings is 1. The van der Waals surface area contributed by atoms with E-state index in [1.165, 1.54) is 6.42 Å². The van der Waals surface area contributed by atoms with Crippen LogP contribution >= 0.6 is 0 Å². The Balaban J connectivity index is 1.77. The summed E-state index contributed by atoms with van der Waals surface area (Å²) in [7, 11) is 0. The second-order valence-electron chi connectivity index (χ2n) is 6.70. The number of ether oxygens (including phenoxy) is 1. The quantitative estimate of drug-likeness (QED) is 0.871. The van der Waals surface area contributed by atoms with Gasteiger partial charge in [0, 0.05) is 24.2 Å². The van der Waals surface area contributed by atoms with Crippen LogP contribution in [0.2, 0.25) is 0 Å². The van der Waals surface area contributed by atoms with E-state index in [1.807, 2.05) is 35.2 Å². The maximum atomic E-state index is 13.2. The highest BCUT2D eigenvalue weighted by molar-refractivity contribution is 6.04. The molecule has 2 aliphatic rings. The zero-order valence-electron chi connectivity index (χ0n) is 13.4. The second kappa shape index (κ2) is 5.93. The molecule has 0 bridgehead atoms. The fourth-order valence-electron chi connectivity index (χ4n) is 3.57. The van der Waals surface area contributed by atoms with Crippen molar-refractivity contribution in [2.24, 2.45) is 5.92 Å². The first-order valence-electron chi connectivity index (χ1n) is 8.54. The van der Waals surface area contributed by atoms with Gasteiger partial charge < -0.3 is 9.64 Å². The molecular weight excluding hydrogens is 288 g/mol. The van der Waals surface area contributed by atoms with Crippen molar-refractivity contribution in [3.8, 4) is 0 Å². The van der Waals surface area contributed by atoms with E-state index in [2.05, 4.69) is 11.9 Å². The maximum absolute atomic E-state index is 13.2. The number of amides is 1. The van der Waals surface area contributed by atoms with Crippen LogP contribution < -0.4 is 4.90 Å². The Bertz CT molecular complexity index is 721. The van der Waals surface area contributed by atoms with Crippen molar-refractivity contribution in [3.05, 3.63) is 36.5 Å². The number of carbonyl (C=O) groups is 1. The summed E-state index contributed by atoms with van der Waals surface area (Å²) in [5.41, 5.74) is 1.83. The number of carbonyl (C=O) groups excluding carboxylic acids is 1. The number of hydrogen-bond acceptors (Lipinski definition) is 3. The van der Waals surface area contributed by atoms with Gasteiger partial charge in [0.25, 0.3) is 5.91 Å². The molecule has 23 heavy (non-hydrogen) atoms. The van der Waals surface area contributed by atoms with Gasteiger partial charge in [0.2, 0.25) is 0 Å². The van der Waals surface area contributed by atoms with Crippen molar-refractivity contribution in [2.75, 3.05) is 11.5 Å². The summed E-state index contributed by atoms with van der Waals surface area (Å²) < 4.78 is 5.75. The number of hydrogen-bond donors (Lipinski definition) is 0. The van der Waals surface area contributed by atoms with Gasteiger partial charge in [-0.05, 0) is 43.7 Å². The van der Waals surface area contributed by atoms with Crippen LogP contribution in [0.4, 0.5) is 5.69 Å². The summed E-state index contributed by atoms with van der Waals surface area (Å²) in [6, 6.07) is 10.3. The molecule has 0 spiro atoms. The summed E-state index contributed by atoms with van der Waals surface area (Å²) in [6.45, 7) is 2.79. The highest BCUT2D eigenvalue weighted by Crippen LogP contribution is 2.35. The topological polar surface area (TPSA) is 42.4 Å². The van der Waals surface area contributed by atoms with Gasteiger partial charge in [-0.3, -0.25) is 9.78 Å². The largest absolute Gasteiger partial charge is 0.368 e. The SMILES string of the molecule is C[C@@H]1CCO[C@@H]1C(=O)N(c1cccc2cccnc12)C1CCC1. The van der Waals surface area contributed by atoms with Gasteiger partial charge >= 0.3 is 0 Å². The van der Waals surface area contributed by atoms with Crippen molar-refractivity contribution in [1.82, 2.24) is 4.98 Å². The van der Waals surface area contributed by atoms with E-state index < -0.39 is 0 Å². The first kappa shape index (κ1) is 14.6. The van der Waals surface area contributed by atoms with Gasteiger partial charge in [-0.2, -0.15) is 0 Å². The van der Waals surface area contributed by atoms with Crippen LogP contribution in [0.15, 0.2) is 36.5 Å². The third kappa shape index (κ3) is 2.51. The van der Waals surface area contributed by atoms with Crippen LogP contribution in [-0.2, 0) is 9.53 Å². The number of nitrogens with zero attached hydrogens (tertiary/aromatic N) is 2. The number of rotatable bonds is 3. The third-order valence-electron chi connectivity index (χ3n) is 5.18. The lowest BCUT2D eigenvalue weighted by molar-refractivity contribution is -0.129. The first-order valence-corrected chi connectivity index (χ1v) is 8.54. The van der Waals surface area contributed by atoms with Crippen molar-refractivity contribution in [3.63, 3.8) is 0 Å². The lowest BCUT2D eigenvalue weighted by Gasteiger charge is -2.39.